The number of nitrogens with one attached hydrogen (secondary N) is 1. The number of aryl methyl sites for hydroxylation is 1. The summed E-state index contributed by atoms with van der Waals surface area (Å²) in [6.07, 6.45) is 0. The molecule has 0 radical (unpaired) electrons. The van der Waals surface area contributed by atoms with E-state index in [2.05, 4.69) is 10.2 Å². The van der Waals surface area contributed by atoms with Crippen molar-refractivity contribution in [1.29, 1.82) is 0 Å². The SMILES string of the molecule is CCN(CC(=O)Nc1ccc(N2CCOCC2)cc1)C(=O)c1cc(C)n(-c2ccc(Cl)cc2)c1C. The first-order valence-electron chi connectivity index (χ1n) is 11.8. The molecule has 0 saturated carbocycles. The van der Waals surface area contributed by atoms with Crippen molar-refractivity contribution in [3.05, 3.63) is 76.6 Å². The Hall–Kier alpha value is -3.29. The van der Waals surface area contributed by atoms with E-state index in [-0.39, 0.29) is 18.4 Å². The van der Waals surface area contributed by atoms with Crippen LogP contribution < -0.4 is 10.2 Å². The molecule has 0 spiro atoms. The molecule has 8 heteroatoms. The quantitative estimate of drug-likeness (QED) is 0.517. The summed E-state index contributed by atoms with van der Waals surface area (Å²) in [6.45, 7) is 9.32. The van der Waals surface area contributed by atoms with E-state index in [0.717, 1.165) is 49.1 Å². The number of ether oxygens (including phenoxy) is 1. The number of likely N-dealkylation sites (N-methyl/N-ethyl adjacent to an activating group) is 1. The molecule has 1 fully saturated rings. The van der Waals surface area contributed by atoms with E-state index < -0.39 is 0 Å². The molecule has 1 aliphatic rings. The number of hydrogen-bond acceptors (Lipinski definition) is 4. The van der Waals surface area contributed by atoms with Gasteiger partial charge >= 0.3 is 0 Å². The first kappa shape index (κ1) is 24.8. The smallest absolute Gasteiger partial charge is 0.256 e. The lowest BCUT2D eigenvalue weighted by atomic mass is 10.2. The van der Waals surface area contributed by atoms with Gasteiger partial charge in [0.25, 0.3) is 5.91 Å². The summed E-state index contributed by atoms with van der Waals surface area (Å²) in [5, 5.41) is 3.57. The van der Waals surface area contributed by atoms with Crippen LogP contribution in [-0.4, -0.2) is 60.7 Å². The largest absolute Gasteiger partial charge is 0.378 e. The van der Waals surface area contributed by atoms with E-state index in [1.807, 2.05) is 79.9 Å². The molecule has 2 heterocycles. The van der Waals surface area contributed by atoms with E-state index in [0.29, 0.717) is 22.8 Å². The van der Waals surface area contributed by atoms with Gasteiger partial charge in [-0.05, 0) is 75.4 Å². The van der Waals surface area contributed by atoms with Crippen molar-refractivity contribution in [2.45, 2.75) is 20.8 Å². The van der Waals surface area contributed by atoms with Gasteiger partial charge in [0.15, 0.2) is 0 Å². The average molecular weight is 495 g/mol. The third kappa shape index (κ3) is 5.69. The second kappa shape index (κ2) is 11.0. The highest BCUT2D eigenvalue weighted by molar-refractivity contribution is 6.30. The average Bonchev–Trinajstić information content (AvgIpc) is 3.17. The van der Waals surface area contributed by atoms with Crippen molar-refractivity contribution in [2.75, 3.05) is 49.6 Å². The molecule has 2 amide bonds. The zero-order valence-electron chi connectivity index (χ0n) is 20.4. The molecule has 7 nitrogen and oxygen atoms in total. The molecule has 2 aromatic carbocycles. The summed E-state index contributed by atoms with van der Waals surface area (Å²) in [7, 11) is 0. The Labute approximate surface area is 211 Å². The molecular weight excluding hydrogens is 464 g/mol. The van der Waals surface area contributed by atoms with Gasteiger partial charge in [0.05, 0.1) is 18.8 Å². The molecule has 184 valence electrons. The van der Waals surface area contributed by atoms with Crippen molar-refractivity contribution in [1.82, 2.24) is 9.47 Å². The molecule has 1 saturated heterocycles. The van der Waals surface area contributed by atoms with Gasteiger partial charge < -0.3 is 24.4 Å². The normalized spacial score (nSPS) is 13.5. The standard InChI is InChI=1S/C27H31ClN4O3/c1-4-30(18-26(33)29-22-7-11-23(12-8-22)31-13-15-35-16-14-31)27(34)25-17-19(2)32(20(25)3)24-9-5-21(28)6-10-24/h5-12,17H,4,13-16,18H2,1-3H3,(H,29,33). The number of halogens is 1. The van der Waals surface area contributed by atoms with Crippen molar-refractivity contribution in [3.63, 3.8) is 0 Å². The minimum Gasteiger partial charge on any atom is -0.378 e. The lowest BCUT2D eigenvalue weighted by molar-refractivity contribution is -0.116. The minimum atomic E-state index is -0.231. The number of carbonyl (C=O) groups excluding carboxylic acids is 2. The third-order valence-electron chi connectivity index (χ3n) is 6.28. The van der Waals surface area contributed by atoms with E-state index in [1.54, 1.807) is 4.90 Å². The van der Waals surface area contributed by atoms with E-state index in [1.165, 1.54) is 0 Å². The van der Waals surface area contributed by atoms with Crippen LogP contribution in [-0.2, 0) is 9.53 Å². The van der Waals surface area contributed by atoms with Crippen LogP contribution in [0.3, 0.4) is 0 Å². The van der Waals surface area contributed by atoms with Gasteiger partial charge in [-0.2, -0.15) is 0 Å². The third-order valence-corrected chi connectivity index (χ3v) is 6.53. The second-order valence-electron chi connectivity index (χ2n) is 8.61. The maximum Gasteiger partial charge on any atom is 0.256 e. The summed E-state index contributed by atoms with van der Waals surface area (Å²) in [6, 6.07) is 17.1. The van der Waals surface area contributed by atoms with Crippen LogP contribution in [0.4, 0.5) is 11.4 Å². The molecule has 0 bridgehead atoms. The molecule has 1 aliphatic heterocycles. The summed E-state index contributed by atoms with van der Waals surface area (Å²) >= 11 is 6.03. The van der Waals surface area contributed by atoms with Crippen LogP contribution >= 0.6 is 11.6 Å². The number of benzene rings is 2. The monoisotopic (exact) mass is 494 g/mol. The van der Waals surface area contributed by atoms with E-state index >= 15 is 0 Å². The zero-order valence-corrected chi connectivity index (χ0v) is 21.1. The maximum atomic E-state index is 13.4. The van der Waals surface area contributed by atoms with Crippen LogP contribution in [0.15, 0.2) is 54.6 Å². The molecule has 35 heavy (non-hydrogen) atoms. The molecule has 0 aliphatic carbocycles. The van der Waals surface area contributed by atoms with Gasteiger partial charge in [-0.3, -0.25) is 9.59 Å². The van der Waals surface area contributed by atoms with Crippen LogP contribution in [0, 0.1) is 13.8 Å². The number of amides is 2. The fraction of sp³-hybridized carbons (Fsp3) is 0.333. The molecule has 4 rings (SSSR count). The topological polar surface area (TPSA) is 66.8 Å². The Morgan fingerprint density at radius 2 is 1.63 bits per heavy atom. The first-order chi connectivity index (χ1) is 16.9. The number of anilines is 2. The lowest BCUT2D eigenvalue weighted by Gasteiger charge is -2.29. The molecule has 3 aromatic rings. The van der Waals surface area contributed by atoms with Gasteiger partial charge in [-0.15, -0.1) is 0 Å². The number of nitrogens with zero attached hydrogens (tertiary/aromatic N) is 3. The Bertz CT molecular complexity index is 1180. The molecule has 1 aromatic heterocycles. The summed E-state index contributed by atoms with van der Waals surface area (Å²) in [4.78, 5) is 29.9. The predicted molar refractivity (Wildman–Crippen MR) is 140 cm³/mol. The van der Waals surface area contributed by atoms with Crippen LogP contribution in [0.5, 0.6) is 0 Å². The second-order valence-corrected chi connectivity index (χ2v) is 9.05. The molecule has 0 unspecified atom stereocenters. The highest BCUT2D eigenvalue weighted by Gasteiger charge is 2.23. The highest BCUT2D eigenvalue weighted by atomic mass is 35.5. The number of rotatable bonds is 7. The van der Waals surface area contributed by atoms with E-state index in [9.17, 15) is 9.59 Å². The number of aromatic nitrogens is 1. The molecule has 1 N–H and O–H groups in total. The Balaban J connectivity index is 1.42. The molecular formula is C27H31ClN4O3. The Morgan fingerprint density at radius 3 is 2.26 bits per heavy atom. The summed E-state index contributed by atoms with van der Waals surface area (Å²) < 4.78 is 7.42. The lowest BCUT2D eigenvalue weighted by Crippen LogP contribution is -2.38. The maximum absolute atomic E-state index is 13.4. The van der Waals surface area contributed by atoms with E-state index in [4.69, 9.17) is 16.3 Å². The summed E-state index contributed by atoms with van der Waals surface area (Å²) in [5.41, 5.74) is 5.09. The van der Waals surface area contributed by atoms with Gasteiger partial charge in [0, 0.05) is 53.1 Å². The van der Waals surface area contributed by atoms with Crippen LogP contribution in [0.1, 0.15) is 28.7 Å². The first-order valence-corrected chi connectivity index (χ1v) is 12.2. The Morgan fingerprint density at radius 1 is 1.00 bits per heavy atom. The minimum absolute atomic E-state index is 0.0227. The predicted octanol–water partition coefficient (Wildman–Crippen LogP) is 4.68. The number of hydrogen-bond donors (Lipinski definition) is 1. The fourth-order valence-corrected chi connectivity index (χ4v) is 4.54. The van der Waals surface area contributed by atoms with Crippen molar-refractivity contribution in [2.24, 2.45) is 0 Å². The van der Waals surface area contributed by atoms with Gasteiger partial charge in [-0.1, -0.05) is 11.6 Å². The van der Waals surface area contributed by atoms with Crippen molar-refractivity contribution >= 4 is 34.8 Å². The van der Waals surface area contributed by atoms with Gasteiger partial charge in [0.2, 0.25) is 5.91 Å². The van der Waals surface area contributed by atoms with Gasteiger partial charge in [0.1, 0.15) is 6.54 Å². The van der Waals surface area contributed by atoms with Gasteiger partial charge in [-0.25, -0.2) is 0 Å². The van der Waals surface area contributed by atoms with Crippen LogP contribution in [0.25, 0.3) is 5.69 Å². The number of carbonyl (C=O) groups is 2. The number of morpholine rings is 1. The van der Waals surface area contributed by atoms with Crippen molar-refractivity contribution in [3.8, 4) is 5.69 Å². The summed E-state index contributed by atoms with van der Waals surface area (Å²) in [5.74, 6) is -0.399. The van der Waals surface area contributed by atoms with Crippen molar-refractivity contribution < 1.29 is 14.3 Å². The zero-order chi connectivity index (χ0) is 24.9. The Kier molecular flexibility index (Phi) is 7.78. The highest BCUT2D eigenvalue weighted by Crippen LogP contribution is 2.24. The fourth-order valence-electron chi connectivity index (χ4n) is 4.42. The van der Waals surface area contributed by atoms with Crippen LogP contribution in [0.2, 0.25) is 5.02 Å². The molecule has 0 atom stereocenters.